The predicted octanol–water partition coefficient (Wildman–Crippen LogP) is 3.20. The summed E-state index contributed by atoms with van der Waals surface area (Å²) in [6.45, 7) is 9.94. The average molecular weight is 337 g/mol. The van der Waals surface area contributed by atoms with E-state index in [9.17, 15) is 0 Å². The lowest BCUT2D eigenvalue weighted by Crippen LogP contribution is -2.31. The molecule has 0 saturated carbocycles. The molecule has 0 fully saturated rings. The Bertz CT molecular complexity index is 566. The van der Waals surface area contributed by atoms with E-state index < -0.39 is 0 Å². The van der Waals surface area contributed by atoms with Gasteiger partial charge in [-0.25, -0.2) is 0 Å². The fourth-order valence-electron chi connectivity index (χ4n) is 2.56. The Balaban J connectivity index is 0.00000264. The molecule has 1 heterocycles. The van der Waals surface area contributed by atoms with Gasteiger partial charge < -0.3 is 5.73 Å². The molecule has 2 N–H and O–H groups in total. The summed E-state index contributed by atoms with van der Waals surface area (Å²) in [5.41, 5.74) is 9.58. The average Bonchev–Trinajstić information content (AvgIpc) is 2.87. The molecule has 5 heteroatoms. The Kier molecular flexibility index (Phi) is 8.31. The lowest BCUT2D eigenvalue weighted by molar-refractivity contribution is 0.276. The van der Waals surface area contributed by atoms with E-state index in [1.165, 1.54) is 11.1 Å². The number of hydrogen-bond donors (Lipinski definition) is 1. The van der Waals surface area contributed by atoms with Crippen molar-refractivity contribution < 1.29 is 0 Å². The highest BCUT2D eigenvalue weighted by atomic mass is 35.5. The molecule has 0 unspecified atom stereocenters. The van der Waals surface area contributed by atoms with Crippen molar-refractivity contribution in [3.63, 3.8) is 0 Å². The molecule has 0 aliphatic carbocycles. The summed E-state index contributed by atoms with van der Waals surface area (Å²) < 4.78 is 2.04. The van der Waals surface area contributed by atoms with Gasteiger partial charge in [0, 0.05) is 44.0 Å². The molecule has 0 radical (unpaired) electrons. The van der Waals surface area contributed by atoms with Crippen LogP contribution in [-0.4, -0.2) is 34.3 Å². The second-order valence-electron chi connectivity index (χ2n) is 6.11. The molecule has 0 spiro atoms. The number of nitrogens with two attached hydrogens (primary N) is 1. The molecular formula is C18H29ClN4. The summed E-state index contributed by atoms with van der Waals surface area (Å²) in [5.74, 6) is 0. The molecule has 0 saturated heterocycles. The molecule has 23 heavy (non-hydrogen) atoms. The number of hydrogen-bond acceptors (Lipinski definition) is 3. The normalized spacial score (nSPS) is 11.0. The van der Waals surface area contributed by atoms with Crippen LogP contribution in [0.5, 0.6) is 0 Å². The van der Waals surface area contributed by atoms with Crippen LogP contribution in [0.3, 0.4) is 0 Å². The first-order chi connectivity index (χ1) is 10.6. The molecule has 0 aliphatic rings. The van der Waals surface area contributed by atoms with Gasteiger partial charge in [0.1, 0.15) is 0 Å². The van der Waals surface area contributed by atoms with Gasteiger partial charge in [0.2, 0.25) is 0 Å². The van der Waals surface area contributed by atoms with E-state index in [0.29, 0.717) is 12.6 Å². The molecular weight excluding hydrogens is 308 g/mol. The van der Waals surface area contributed by atoms with E-state index in [1.54, 1.807) is 0 Å². The first kappa shape index (κ1) is 19.7. The van der Waals surface area contributed by atoms with Gasteiger partial charge in [-0.1, -0.05) is 30.3 Å². The second-order valence-corrected chi connectivity index (χ2v) is 6.11. The van der Waals surface area contributed by atoms with Crippen LogP contribution in [0.4, 0.5) is 0 Å². The second kappa shape index (κ2) is 9.71. The number of nitrogens with zero attached hydrogens (tertiary/aromatic N) is 3. The summed E-state index contributed by atoms with van der Waals surface area (Å²) in [6, 6.07) is 11.0. The monoisotopic (exact) mass is 336 g/mol. The number of aryl methyl sites for hydroxylation is 1. The summed E-state index contributed by atoms with van der Waals surface area (Å²) in [6.07, 6.45) is 3.23. The van der Waals surface area contributed by atoms with Crippen molar-refractivity contribution >= 4 is 12.4 Å². The number of halogens is 1. The summed E-state index contributed by atoms with van der Waals surface area (Å²) in [4.78, 5) is 2.42. The zero-order valence-electron chi connectivity index (χ0n) is 14.4. The molecule has 2 rings (SSSR count). The number of benzene rings is 1. The van der Waals surface area contributed by atoms with Crippen molar-refractivity contribution in [1.29, 1.82) is 0 Å². The first-order valence-electron chi connectivity index (χ1n) is 8.11. The van der Waals surface area contributed by atoms with E-state index in [1.807, 2.05) is 4.68 Å². The molecule has 1 aromatic carbocycles. The van der Waals surface area contributed by atoms with Crippen LogP contribution in [0.15, 0.2) is 36.5 Å². The zero-order chi connectivity index (χ0) is 15.9. The summed E-state index contributed by atoms with van der Waals surface area (Å²) in [5, 5.41) is 4.60. The highest BCUT2D eigenvalue weighted by molar-refractivity contribution is 5.85. The van der Waals surface area contributed by atoms with Gasteiger partial charge in [-0.2, -0.15) is 5.10 Å². The Morgan fingerprint density at radius 3 is 2.43 bits per heavy atom. The van der Waals surface area contributed by atoms with Crippen molar-refractivity contribution in [3.05, 3.63) is 53.3 Å². The van der Waals surface area contributed by atoms with Crippen LogP contribution in [0.2, 0.25) is 0 Å². The molecule has 0 aliphatic heterocycles. The largest absolute Gasteiger partial charge is 0.329 e. The third-order valence-corrected chi connectivity index (χ3v) is 3.95. The molecule has 128 valence electrons. The van der Waals surface area contributed by atoms with Crippen LogP contribution in [0.25, 0.3) is 0 Å². The zero-order valence-corrected chi connectivity index (χ0v) is 15.2. The maximum Gasteiger partial charge on any atom is 0.0638 e. The Morgan fingerprint density at radius 2 is 1.87 bits per heavy atom. The fourth-order valence-corrected chi connectivity index (χ4v) is 2.56. The minimum atomic E-state index is 0. The molecule has 4 nitrogen and oxygen atoms in total. The summed E-state index contributed by atoms with van der Waals surface area (Å²) in [7, 11) is 0. The van der Waals surface area contributed by atoms with Crippen molar-refractivity contribution in [2.75, 3.05) is 19.6 Å². The van der Waals surface area contributed by atoms with Crippen LogP contribution in [-0.2, 0) is 13.0 Å². The van der Waals surface area contributed by atoms with Gasteiger partial charge >= 0.3 is 0 Å². The molecule has 0 atom stereocenters. The van der Waals surface area contributed by atoms with Gasteiger partial charge in [0.15, 0.2) is 0 Å². The lowest BCUT2D eigenvalue weighted by atomic mass is 10.1. The minimum absolute atomic E-state index is 0. The Hall–Kier alpha value is -1.36. The smallest absolute Gasteiger partial charge is 0.0638 e. The lowest BCUT2D eigenvalue weighted by Gasteiger charge is -2.21. The van der Waals surface area contributed by atoms with Gasteiger partial charge in [0.05, 0.1) is 5.69 Å². The van der Waals surface area contributed by atoms with E-state index in [0.717, 1.165) is 31.7 Å². The van der Waals surface area contributed by atoms with Crippen LogP contribution < -0.4 is 5.73 Å². The SMILES string of the molecule is Cc1nn(C(C)C)cc1CN(CCN)CCc1ccccc1.Cl. The standard InChI is InChI=1S/C18H28N4.ClH/c1-15(2)22-14-18(16(3)20-22)13-21(12-10-19)11-9-17-7-5-4-6-8-17;/h4-8,14-15H,9-13,19H2,1-3H3;1H. The van der Waals surface area contributed by atoms with E-state index >= 15 is 0 Å². The van der Waals surface area contributed by atoms with Crippen molar-refractivity contribution in [2.24, 2.45) is 5.73 Å². The van der Waals surface area contributed by atoms with Gasteiger partial charge in [-0.05, 0) is 32.8 Å². The van der Waals surface area contributed by atoms with Crippen LogP contribution in [0.1, 0.15) is 36.7 Å². The third kappa shape index (κ3) is 5.98. The van der Waals surface area contributed by atoms with Crippen molar-refractivity contribution in [3.8, 4) is 0 Å². The third-order valence-electron chi connectivity index (χ3n) is 3.95. The first-order valence-corrected chi connectivity index (χ1v) is 8.11. The van der Waals surface area contributed by atoms with Gasteiger partial charge in [-0.3, -0.25) is 9.58 Å². The van der Waals surface area contributed by atoms with Gasteiger partial charge in [-0.15, -0.1) is 12.4 Å². The number of aromatic nitrogens is 2. The summed E-state index contributed by atoms with van der Waals surface area (Å²) >= 11 is 0. The topological polar surface area (TPSA) is 47.1 Å². The van der Waals surface area contributed by atoms with E-state index in [4.69, 9.17) is 5.73 Å². The van der Waals surface area contributed by atoms with E-state index in [-0.39, 0.29) is 12.4 Å². The maximum absolute atomic E-state index is 5.78. The molecule has 0 amide bonds. The Labute approximate surface area is 146 Å². The minimum Gasteiger partial charge on any atom is -0.329 e. The van der Waals surface area contributed by atoms with Gasteiger partial charge in [0.25, 0.3) is 0 Å². The van der Waals surface area contributed by atoms with E-state index in [2.05, 4.69) is 67.3 Å². The number of rotatable bonds is 8. The highest BCUT2D eigenvalue weighted by Crippen LogP contribution is 2.13. The maximum atomic E-state index is 5.78. The van der Waals surface area contributed by atoms with Crippen LogP contribution in [0, 0.1) is 6.92 Å². The predicted molar refractivity (Wildman–Crippen MR) is 99.1 cm³/mol. The molecule has 1 aromatic heterocycles. The molecule has 0 bridgehead atoms. The molecule has 2 aromatic rings. The Morgan fingerprint density at radius 1 is 1.17 bits per heavy atom. The fraction of sp³-hybridized carbons (Fsp3) is 0.500. The van der Waals surface area contributed by atoms with Crippen LogP contribution >= 0.6 is 12.4 Å². The quantitative estimate of drug-likeness (QED) is 0.805. The van der Waals surface area contributed by atoms with Crippen molar-refractivity contribution in [2.45, 2.75) is 39.8 Å². The van der Waals surface area contributed by atoms with Crippen molar-refractivity contribution in [1.82, 2.24) is 14.7 Å². The highest BCUT2D eigenvalue weighted by Gasteiger charge is 2.11.